The van der Waals surface area contributed by atoms with Crippen LogP contribution in [0.1, 0.15) is 180 Å². The number of nitrogens with zero attached hydrogens (tertiary/aromatic N) is 2. The SMILES string of the molecule is CC[C@H]1OC(=O)[C@H](C)[C@@H](O[C@H]2C[C@@](C)(OC)[C@@H](O)[C@H](C)O2)[C@H](C)[C@@H](O[C@@H]2O[C@H](C)C[C@H](N(C)C)[C@H]2O)[C@](C)(O)C[C@@H](C)CN(C(=O)CCCCCCCCC[P+](c2cc(C)cc(C)c2)(c2cc(C)cc(C)c2)c2cc(C)cc(C)c2)[C@H](C)[C@@H](O)[C@]1(C)O. The number of amides is 1. The van der Waals surface area contributed by atoms with Crippen LogP contribution in [0.5, 0.6) is 0 Å². The lowest BCUT2D eigenvalue weighted by Gasteiger charge is -2.48. The number of hydrogen-bond donors (Lipinski definition) is 5. The third-order valence-electron chi connectivity index (χ3n) is 19.6. The topological polar surface area (TPSA) is 197 Å². The van der Waals surface area contributed by atoms with Crippen LogP contribution in [0.2, 0.25) is 0 Å². The summed E-state index contributed by atoms with van der Waals surface area (Å²) in [6.07, 6.45) is -1.56. The van der Waals surface area contributed by atoms with Gasteiger partial charge in [-0.25, -0.2) is 0 Å². The van der Waals surface area contributed by atoms with E-state index in [1.54, 1.807) is 46.4 Å². The van der Waals surface area contributed by atoms with E-state index in [0.717, 1.165) is 44.7 Å². The number of carbonyl (C=O) groups excluding carboxylic acids is 2. The number of esters is 1. The summed E-state index contributed by atoms with van der Waals surface area (Å²) in [7, 11) is 3.21. The highest BCUT2D eigenvalue weighted by Crippen LogP contribution is 2.57. The second kappa shape index (κ2) is 30.8. The van der Waals surface area contributed by atoms with Gasteiger partial charge in [0.25, 0.3) is 0 Å². The van der Waals surface area contributed by atoms with Crippen LogP contribution >= 0.6 is 7.26 Å². The number of unbranched alkanes of at least 4 members (excludes halogenated alkanes) is 6. The van der Waals surface area contributed by atoms with Gasteiger partial charge in [0.2, 0.25) is 5.91 Å². The Morgan fingerprint density at radius 2 is 1.20 bits per heavy atom. The van der Waals surface area contributed by atoms with E-state index in [0.29, 0.717) is 12.8 Å². The zero-order valence-corrected chi connectivity index (χ0v) is 57.5. The van der Waals surface area contributed by atoms with Crippen LogP contribution in [0.4, 0.5) is 0 Å². The molecule has 3 saturated heterocycles. The first-order valence-electron chi connectivity index (χ1n) is 32.7. The Hall–Kier alpha value is -3.41. The Morgan fingerprint density at radius 1 is 0.701 bits per heavy atom. The number of aliphatic hydroxyl groups is 5. The number of likely N-dealkylation sites (N-methyl/N-ethyl adjacent to an activating group) is 1. The maximum atomic E-state index is 14.8. The van der Waals surface area contributed by atoms with Gasteiger partial charge in [0.1, 0.15) is 53.2 Å². The molecule has 3 aromatic carbocycles. The molecule has 0 unspecified atom stereocenters. The van der Waals surface area contributed by atoms with Crippen LogP contribution in [0.3, 0.4) is 0 Å². The monoisotopic (exact) mass is 1230 g/mol. The molecule has 3 aromatic rings. The van der Waals surface area contributed by atoms with Gasteiger partial charge in [-0.05, 0) is 218 Å². The molecule has 5 N–H and O–H groups in total. The molecule has 3 aliphatic heterocycles. The minimum absolute atomic E-state index is 0.0670. The first kappa shape index (κ1) is 72.7. The molecule has 87 heavy (non-hydrogen) atoms. The summed E-state index contributed by atoms with van der Waals surface area (Å²) >= 11 is 0. The Bertz CT molecular complexity index is 2530. The summed E-state index contributed by atoms with van der Waals surface area (Å²) in [4.78, 5) is 33.1. The minimum atomic E-state index is -2.06. The van der Waals surface area contributed by atoms with Crippen LogP contribution in [0.25, 0.3) is 0 Å². The molecule has 0 radical (unpaired) electrons. The highest BCUT2D eigenvalue weighted by molar-refractivity contribution is 7.95. The fraction of sp³-hybridized carbons (Fsp3) is 0.718. The van der Waals surface area contributed by atoms with Crippen LogP contribution in [0, 0.1) is 59.3 Å². The molecular weight excluding hydrogens is 1120 g/mol. The fourth-order valence-electron chi connectivity index (χ4n) is 14.8. The van der Waals surface area contributed by atoms with E-state index in [4.69, 9.17) is 28.4 Å². The van der Waals surface area contributed by atoms with Crippen molar-refractivity contribution in [1.29, 1.82) is 0 Å². The molecular formula is C71H114N2O13P+. The summed E-state index contributed by atoms with van der Waals surface area (Å²) in [5.41, 5.74) is 2.89. The lowest BCUT2D eigenvalue weighted by molar-refractivity contribution is -0.318. The fourth-order valence-corrected chi connectivity index (χ4v) is 19.8. The van der Waals surface area contributed by atoms with Crippen molar-refractivity contribution >= 4 is 35.1 Å². The van der Waals surface area contributed by atoms with E-state index in [2.05, 4.69) is 96.1 Å². The Balaban J connectivity index is 1.22. The van der Waals surface area contributed by atoms with Gasteiger partial charge < -0.3 is 63.8 Å². The quantitative estimate of drug-likeness (QED) is 0.0407. The number of ether oxygens (including phenoxy) is 6. The van der Waals surface area contributed by atoms with Gasteiger partial charge in [0.15, 0.2) is 12.6 Å². The summed E-state index contributed by atoms with van der Waals surface area (Å²) in [5, 5.41) is 65.2. The number of rotatable bonds is 20. The normalized spacial score (nSPS) is 34.3. The van der Waals surface area contributed by atoms with Crippen molar-refractivity contribution in [2.24, 2.45) is 17.8 Å². The van der Waals surface area contributed by atoms with Crippen LogP contribution in [0.15, 0.2) is 54.6 Å². The van der Waals surface area contributed by atoms with E-state index in [9.17, 15) is 35.1 Å². The number of benzene rings is 3. The van der Waals surface area contributed by atoms with E-state index >= 15 is 0 Å². The molecule has 0 aliphatic carbocycles. The van der Waals surface area contributed by atoms with Gasteiger partial charge in [0.05, 0.1) is 53.7 Å². The molecule has 6 rings (SSSR count). The lowest BCUT2D eigenvalue weighted by atomic mass is 9.77. The minimum Gasteiger partial charge on any atom is -0.459 e. The Labute approximate surface area is 523 Å². The van der Waals surface area contributed by atoms with Crippen LogP contribution in [-0.2, 0) is 38.0 Å². The molecule has 16 heteroatoms. The Kier molecular flexibility index (Phi) is 25.7. The second-order valence-electron chi connectivity index (χ2n) is 28.1. The largest absolute Gasteiger partial charge is 0.459 e. The maximum absolute atomic E-state index is 14.8. The standard InChI is InChI=1S/C71H114N2O13P/c1-20-59-71(16,80)64(76)53(12)73(60(74)28-26-24-22-21-23-25-27-29-87(55-33-43(2)30-44(3)34-55,56-35-45(4)31-46(5)36-56)57-37-47(6)32-48(7)38-57)42-49(8)40-69(14,79)66(86-68-62(75)58(72(17)18)39-50(9)82-68)51(10)63(52(11)67(78)84-59)85-61-41-70(15,81-19)65(77)54(13)83-61/h30-38,49-54,58-59,61-66,68,75-77,79-80H,20-29,39-42H2,1-19H3/q+1/t49-,50-,51+,52-,53-,54+,58+,59-,61+,62-,63+,64-,65+,66-,68+,69-,70-,71-/m1/s1. The first-order valence-corrected chi connectivity index (χ1v) is 34.6. The van der Waals surface area contributed by atoms with Crippen molar-refractivity contribution in [1.82, 2.24) is 9.80 Å². The molecule has 0 aromatic heterocycles. The molecule has 18 atom stereocenters. The zero-order valence-electron chi connectivity index (χ0n) is 56.6. The summed E-state index contributed by atoms with van der Waals surface area (Å²) in [6.45, 7) is 30.8. The van der Waals surface area contributed by atoms with E-state index in [-0.39, 0.29) is 50.3 Å². The highest BCUT2D eigenvalue weighted by atomic mass is 31.2. The van der Waals surface area contributed by atoms with Crippen molar-refractivity contribution in [2.75, 3.05) is 33.9 Å². The molecule has 490 valence electrons. The highest BCUT2D eigenvalue weighted by Gasteiger charge is 2.54. The smallest absolute Gasteiger partial charge is 0.311 e. The van der Waals surface area contributed by atoms with Crippen LogP contribution in [-0.4, -0.2) is 171 Å². The summed E-state index contributed by atoms with van der Waals surface area (Å²) in [6, 6.07) is 20.2. The third-order valence-corrected chi connectivity index (χ3v) is 24.0. The van der Waals surface area contributed by atoms with Crippen LogP contribution < -0.4 is 15.9 Å². The van der Waals surface area contributed by atoms with Gasteiger partial charge in [-0.3, -0.25) is 9.59 Å². The van der Waals surface area contributed by atoms with Gasteiger partial charge in [-0.15, -0.1) is 0 Å². The average molecular weight is 1230 g/mol. The molecule has 1 amide bonds. The number of hydrogen-bond acceptors (Lipinski definition) is 14. The van der Waals surface area contributed by atoms with E-state index in [1.807, 2.05) is 39.8 Å². The third kappa shape index (κ3) is 17.6. The van der Waals surface area contributed by atoms with E-state index in [1.165, 1.54) is 63.3 Å². The van der Waals surface area contributed by atoms with Crippen molar-refractivity contribution in [3.63, 3.8) is 0 Å². The van der Waals surface area contributed by atoms with Gasteiger partial charge in [0, 0.05) is 38.5 Å². The number of aryl methyl sites for hydroxylation is 6. The molecule has 15 nitrogen and oxygen atoms in total. The van der Waals surface area contributed by atoms with Crippen molar-refractivity contribution in [3.8, 4) is 0 Å². The van der Waals surface area contributed by atoms with E-state index < -0.39 is 109 Å². The van der Waals surface area contributed by atoms with Gasteiger partial charge in [-0.2, -0.15) is 0 Å². The number of carbonyl (C=O) groups is 2. The van der Waals surface area contributed by atoms with Crippen molar-refractivity contribution < 1.29 is 63.5 Å². The molecule has 0 spiro atoms. The first-order chi connectivity index (χ1) is 40.7. The summed E-state index contributed by atoms with van der Waals surface area (Å²) < 4.78 is 38.4. The molecule has 3 fully saturated rings. The predicted octanol–water partition coefficient (Wildman–Crippen LogP) is 9.76. The molecule has 0 saturated carbocycles. The number of aliphatic hydroxyl groups excluding tert-OH is 3. The second-order valence-corrected chi connectivity index (χ2v) is 31.7. The average Bonchev–Trinajstić information content (AvgIpc) is 0.968. The summed E-state index contributed by atoms with van der Waals surface area (Å²) in [5.74, 6) is -3.30. The number of cyclic esters (lactones) is 1. The molecule has 3 aliphatic rings. The van der Waals surface area contributed by atoms with Crippen molar-refractivity contribution in [3.05, 3.63) is 88.0 Å². The molecule has 3 heterocycles. The maximum Gasteiger partial charge on any atom is 0.311 e. The number of methoxy groups -OCH3 is 1. The van der Waals surface area contributed by atoms with Gasteiger partial charge in [-0.1, -0.05) is 64.7 Å². The van der Waals surface area contributed by atoms with Crippen molar-refractivity contribution in [2.45, 2.75) is 278 Å². The zero-order chi connectivity index (χ0) is 64.7. The predicted molar refractivity (Wildman–Crippen MR) is 349 cm³/mol. The Morgan fingerprint density at radius 3 is 1.68 bits per heavy atom. The van der Waals surface area contributed by atoms with Gasteiger partial charge >= 0.3 is 5.97 Å². The molecule has 0 bridgehead atoms. The lowest BCUT2D eigenvalue weighted by Crippen LogP contribution is -2.60.